The minimum absolute atomic E-state index is 0.133. The molecule has 0 aromatic carbocycles. The number of piperidine rings is 1. The van der Waals surface area contributed by atoms with Crippen LogP contribution in [-0.2, 0) is 22.6 Å². The van der Waals surface area contributed by atoms with E-state index >= 15 is 0 Å². The van der Waals surface area contributed by atoms with Gasteiger partial charge in [-0.1, -0.05) is 12.8 Å². The molecular weight excluding hydrogens is 340 g/mol. The summed E-state index contributed by atoms with van der Waals surface area (Å²) in [6, 6.07) is 0. The van der Waals surface area contributed by atoms with Crippen molar-refractivity contribution in [2.45, 2.75) is 70.8 Å². The Labute approximate surface area is 161 Å². The van der Waals surface area contributed by atoms with Crippen LogP contribution >= 0.6 is 0 Å². The van der Waals surface area contributed by atoms with Gasteiger partial charge in [-0.05, 0) is 31.6 Å². The van der Waals surface area contributed by atoms with E-state index in [1.165, 1.54) is 25.7 Å². The molecule has 6 heteroatoms. The van der Waals surface area contributed by atoms with E-state index in [9.17, 15) is 9.59 Å². The lowest BCUT2D eigenvalue weighted by Crippen LogP contribution is -2.39. The normalized spacial score (nSPS) is 23.4. The molecule has 1 aromatic rings. The van der Waals surface area contributed by atoms with E-state index in [0.29, 0.717) is 24.8 Å². The minimum Gasteiger partial charge on any atom is -0.342 e. The first-order chi connectivity index (χ1) is 13.1. The number of carbonyl (C=O) groups excluding carboxylic acids is 2. The Bertz CT molecular complexity index is 714. The molecule has 3 heterocycles. The van der Waals surface area contributed by atoms with Crippen LogP contribution in [0.4, 0.5) is 0 Å². The van der Waals surface area contributed by atoms with E-state index < -0.39 is 0 Å². The van der Waals surface area contributed by atoms with Crippen LogP contribution in [0.5, 0.6) is 0 Å². The van der Waals surface area contributed by atoms with Crippen LogP contribution in [-0.4, -0.2) is 51.2 Å². The van der Waals surface area contributed by atoms with Crippen LogP contribution in [0, 0.1) is 5.92 Å². The standard InChI is InChI=1S/C21H30N4O2/c1-15(26)24-9-4-7-17(13-24)21-22-12-18-14-25(10-8-19(18)23-21)20(27)11-16-5-2-3-6-16/h12,16-17H,2-11,13-14H2,1H3. The summed E-state index contributed by atoms with van der Waals surface area (Å²) in [5, 5.41) is 0. The van der Waals surface area contributed by atoms with Crippen molar-refractivity contribution in [2.75, 3.05) is 19.6 Å². The van der Waals surface area contributed by atoms with Crippen molar-refractivity contribution in [2.24, 2.45) is 5.92 Å². The van der Waals surface area contributed by atoms with E-state index in [2.05, 4.69) is 4.98 Å². The number of likely N-dealkylation sites (tertiary alicyclic amines) is 1. The van der Waals surface area contributed by atoms with Gasteiger partial charge in [0.25, 0.3) is 0 Å². The summed E-state index contributed by atoms with van der Waals surface area (Å²) < 4.78 is 0. The van der Waals surface area contributed by atoms with Gasteiger partial charge in [0.1, 0.15) is 5.82 Å². The molecule has 2 amide bonds. The predicted molar refractivity (Wildman–Crippen MR) is 102 cm³/mol. The van der Waals surface area contributed by atoms with Gasteiger partial charge in [0.2, 0.25) is 11.8 Å². The fourth-order valence-corrected chi connectivity index (χ4v) is 4.81. The SMILES string of the molecule is CC(=O)N1CCCC(c2ncc3c(n2)CCN(C(=O)CC2CCCC2)C3)C1. The number of aromatic nitrogens is 2. The highest BCUT2D eigenvalue weighted by molar-refractivity contribution is 5.76. The third-order valence-corrected chi connectivity index (χ3v) is 6.48. The van der Waals surface area contributed by atoms with E-state index in [0.717, 1.165) is 56.0 Å². The number of hydrogen-bond acceptors (Lipinski definition) is 4. The Morgan fingerprint density at radius 2 is 1.93 bits per heavy atom. The van der Waals surface area contributed by atoms with E-state index in [1.807, 2.05) is 16.0 Å². The minimum atomic E-state index is 0.133. The highest BCUT2D eigenvalue weighted by atomic mass is 16.2. The molecule has 2 fully saturated rings. The molecule has 1 saturated heterocycles. The van der Waals surface area contributed by atoms with Crippen molar-refractivity contribution in [1.29, 1.82) is 0 Å². The first kappa shape index (κ1) is 18.4. The molecule has 1 aromatic heterocycles. The maximum atomic E-state index is 12.6. The van der Waals surface area contributed by atoms with Crippen molar-refractivity contribution in [1.82, 2.24) is 19.8 Å². The molecule has 0 N–H and O–H groups in total. The zero-order valence-corrected chi connectivity index (χ0v) is 16.3. The lowest BCUT2D eigenvalue weighted by atomic mass is 9.96. The van der Waals surface area contributed by atoms with Crippen molar-refractivity contribution < 1.29 is 9.59 Å². The first-order valence-corrected chi connectivity index (χ1v) is 10.5. The molecule has 4 rings (SSSR count). The van der Waals surface area contributed by atoms with Gasteiger partial charge < -0.3 is 9.80 Å². The molecule has 0 spiro atoms. The number of fused-ring (bicyclic) bond motifs is 1. The summed E-state index contributed by atoms with van der Waals surface area (Å²) in [5.74, 6) is 2.11. The molecule has 1 atom stereocenters. The maximum Gasteiger partial charge on any atom is 0.223 e. The van der Waals surface area contributed by atoms with Crippen molar-refractivity contribution >= 4 is 11.8 Å². The number of carbonyl (C=O) groups is 2. The molecule has 0 bridgehead atoms. The number of nitrogens with zero attached hydrogens (tertiary/aromatic N) is 4. The molecule has 1 unspecified atom stereocenters. The number of rotatable bonds is 3. The number of hydrogen-bond donors (Lipinski definition) is 0. The molecule has 3 aliphatic rings. The van der Waals surface area contributed by atoms with Gasteiger partial charge in [-0.2, -0.15) is 0 Å². The predicted octanol–water partition coefficient (Wildman–Crippen LogP) is 2.67. The lowest BCUT2D eigenvalue weighted by Gasteiger charge is -2.32. The zero-order chi connectivity index (χ0) is 18.8. The van der Waals surface area contributed by atoms with E-state index in [4.69, 9.17) is 4.98 Å². The van der Waals surface area contributed by atoms with Crippen LogP contribution in [0.25, 0.3) is 0 Å². The van der Waals surface area contributed by atoms with Crippen LogP contribution in [0.15, 0.2) is 6.20 Å². The van der Waals surface area contributed by atoms with Crippen LogP contribution in [0.3, 0.4) is 0 Å². The first-order valence-electron chi connectivity index (χ1n) is 10.5. The largest absolute Gasteiger partial charge is 0.342 e. The molecule has 1 aliphatic carbocycles. The van der Waals surface area contributed by atoms with Crippen molar-refractivity contribution in [3.63, 3.8) is 0 Å². The smallest absolute Gasteiger partial charge is 0.223 e. The molecule has 27 heavy (non-hydrogen) atoms. The van der Waals surface area contributed by atoms with Crippen LogP contribution in [0.1, 0.15) is 74.9 Å². The quantitative estimate of drug-likeness (QED) is 0.820. The molecule has 1 saturated carbocycles. The Morgan fingerprint density at radius 1 is 1.11 bits per heavy atom. The molecular formula is C21H30N4O2. The average Bonchev–Trinajstić information content (AvgIpc) is 3.20. The fourth-order valence-electron chi connectivity index (χ4n) is 4.81. The Morgan fingerprint density at radius 3 is 2.70 bits per heavy atom. The Balaban J connectivity index is 1.40. The monoisotopic (exact) mass is 370 g/mol. The van der Waals surface area contributed by atoms with Crippen LogP contribution in [0.2, 0.25) is 0 Å². The summed E-state index contributed by atoms with van der Waals surface area (Å²) in [7, 11) is 0. The number of amides is 2. The van der Waals surface area contributed by atoms with Crippen molar-refractivity contribution in [3.8, 4) is 0 Å². The van der Waals surface area contributed by atoms with Gasteiger partial charge in [0.15, 0.2) is 0 Å². The second kappa shape index (κ2) is 7.95. The highest BCUT2D eigenvalue weighted by Crippen LogP contribution is 2.30. The average molecular weight is 370 g/mol. The zero-order valence-electron chi connectivity index (χ0n) is 16.3. The van der Waals surface area contributed by atoms with Gasteiger partial charge >= 0.3 is 0 Å². The van der Waals surface area contributed by atoms with Crippen LogP contribution < -0.4 is 0 Å². The van der Waals surface area contributed by atoms with Gasteiger partial charge in [0, 0.05) is 63.6 Å². The Hall–Kier alpha value is -1.98. The lowest BCUT2D eigenvalue weighted by molar-refractivity contribution is -0.133. The van der Waals surface area contributed by atoms with Gasteiger partial charge in [0.05, 0.1) is 5.69 Å². The molecule has 146 valence electrons. The highest BCUT2D eigenvalue weighted by Gasteiger charge is 2.28. The third-order valence-electron chi connectivity index (χ3n) is 6.48. The van der Waals surface area contributed by atoms with Gasteiger partial charge in [-0.15, -0.1) is 0 Å². The second-order valence-electron chi connectivity index (χ2n) is 8.42. The van der Waals surface area contributed by atoms with E-state index in [1.54, 1.807) is 6.92 Å². The van der Waals surface area contributed by atoms with E-state index in [-0.39, 0.29) is 11.8 Å². The van der Waals surface area contributed by atoms with Crippen molar-refractivity contribution in [3.05, 3.63) is 23.3 Å². The summed E-state index contributed by atoms with van der Waals surface area (Å²) >= 11 is 0. The summed E-state index contributed by atoms with van der Waals surface area (Å²) in [5.41, 5.74) is 2.17. The molecule has 2 aliphatic heterocycles. The Kier molecular flexibility index (Phi) is 5.41. The maximum absolute atomic E-state index is 12.6. The summed E-state index contributed by atoms with van der Waals surface area (Å²) in [4.78, 5) is 37.7. The summed E-state index contributed by atoms with van der Waals surface area (Å²) in [6.07, 6.45) is 10.4. The fraction of sp³-hybridized carbons (Fsp3) is 0.714. The van der Waals surface area contributed by atoms with Gasteiger partial charge in [-0.25, -0.2) is 9.97 Å². The second-order valence-corrected chi connectivity index (χ2v) is 8.42. The third kappa shape index (κ3) is 4.14. The summed E-state index contributed by atoms with van der Waals surface area (Å²) in [6.45, 7) is 4.60. The molecule has 0 radical (unpaired) electrons. The topological polar surface area (TPSA) is 66.4 Å². The van der Waals surface area contributed by atoms with Gasteiger partial charge in [-0.3, -0.25) is 9.59 Å². The molecule has 6 nitrogen and oxygen atoms in total.